The van der Waals surface area contributed by atoms with Crippen molar-refractivity contribution in [2.45, 2.75) is 33.1 Å². The van der Waals surface area contributed by atoms with Gasteiger partial charge in [0.15, 0.2) is 0 Å². The molecule has 1 aromatic carbocycles. The summed E-state index contributed by atoms with van der Waals surface area (Å²) in [7, 11) is -3.16. The smallest absolute Gasteiger partial charge is 0.243 e. The average molecular weight is 420 g/mol. The molecule has 160 valence electrons. The summed E-state index contributed by atoms with van der Waals surface area (Å²) in [4.78, 5) is 14.5. The zero-order valence-corrected chi connectivity index (χ0v) is 18.3. The molecule has 7 heteroatoms. The van der Waals surface area contributed by atoms with Gasteiger partial charge in [0.05, 0.1) is 11.4 Å². The summed E-state index contributed by atoms with van der Waals surface area (Å²) in [6.07, 6.45) is 6.23. The Morgan fingerprint density at radius 2 is 1.86 bits per heavy atom. The number of hydrogen-bond donors (Lipinski definition) is 1. The van der Waals surface area contributed by atoms with Crippen molar-refractivity contribution in [3.8, 4) is 0 Å². The molecule has 0 spiro atoms. The van der Waals surface area contributed by atoms with Gasteiger partial charge in [-0.2, -0.15) is 0 Å². The van der Waals surface area contributed by atoms with Crippen molar-refractivity contribution in [1.29, 1.82) is 0 Å². The third-order valence-electron chi connectivity index (χ3n) is 5.60. The maximum absolute atomic E-state index is 12.0. The average Bonchev–Trinajstić information content (AvgIpc) is 3.02. The number of likely N-dealkylation sites (tertiary alicyclic amines) is 1. The van der Waals surface area contributed by atoms with Gasteiger partial charge in [0, 0.05) is 32.3 Å². The quantitative estimate of drug-likeness (QED) is 0.545. The topological polar surface area (TPSA) is 69.7 Å². The number of piperidine rings is 1. The molecule has 2 fully saturated rings. The highest BCUT2D eigenvalue weighted by atomic mass is 32.2. The van der Waals surface area contributed by atoms with Gasteiger partial charge in [0.25, 0.3) is 0 Å². The summed E-state index contributed by atoms with van der Waals surface area (Å²) < 4.78 is 25.4. The minimum Gasteiger partial charge on any atom is -0.353 e. The molecule has 2 atom stereocenters. The minimum absolute atomic E-state index is 0.100. The van der Waals surface area contributed by atoms with E-state index in [-0.39, 0.29) is 11.7 Å². The number of hydrogen-bond acceptors (Lipinski definition) is 4. The van der Waals surface area contributed by atoms with Gasteiger partial charge in [-0.1, -0.05) is 26.0 Å². The van der Waals surface area contributed by atoms with Crippen molar-refractivity contribution >= 4 is 27.7 Å². The Morgan fingerprint density at radius 3 is 2.48 bits per heavy atom. The van der Waals surface area contributed by atoms with Crippen LogP contribution in [0.25, 0.3) is 6.08 Å². The Kier molecular flexibility index (Phi) is 7.35. The summed E-state index contributed by atoms with van der Waals surface area (Å²) in [5.74, 6) is 1.63. The summed E-state index contributed by atoms with van der Waals surface area (Å²) in [5.41, 5.74) is 1.56. The summed E-state index contributed by atoms with van der Waals surface area (Å²) >= 11 is 0. The first-order valence-electron chi connectivity index (χ1n) is 10.6. The largest absolute Gasteiger partial charge is 0.353 e. The molecule has 6 nitrogen and oxygen atoms in total. The molecular weight excluding hydrogens is 386 g/mol. The molecule has 1 aromatic rings. The number of carbonyl (C=O) groups is 1. The SMILES string of the molecule is CC1CC(C)CN(CCCNC(=O)/C=C/c2ccc(N3CCCS3(=O)=O)cc2)C1. The van der Waals surface area contributed by atoms with Gasteiger partial charge in [0.1, 0.15) is 0 Å². The second-order valence-corrected chi connectivity index (χ2v) is 10.5. The number of carbonyl (C=O) groups excluding carboxylic acids is 1. The van der Waals surface area contributed by atoms with Gasteiger partial charge in [0.2, 0.25) is 15.9 Å². The van der Waals surface area contributed by atoms with Crippen LogP contribution in [0.15, 0.2) is 30.3 Å². The van der Waals surface area contributed by atoms with E-state index >= 15 is 0 Å². The minimum atomic E-state index is -3.16. The number of nitrogens with zero attached hydrogens (tertiary/aromatic N) is 2. The van der Waals surface area contributed by atoms with Crippen molar-refractivity contribution < 1.29 is 13.2 Å². The van der Waals surface area contributed by atoms with Crippen LogP contribution in [0.3, 0.4) is 0 Å². The van der Waals surface area contributed by atoms with Crippen LogP contribution < -0.4 is 9.62 Å². The van der Waals surface area contributed by atoms with Crippen LogP contribution in [0.2, 0.25) is 0 Å². The summed E-state index contributed by atoms with van der Waals surface area (Å²) in [6.45, 7) is 9.18. The number of benzene rings is 1. The lowest BCUT2D eigenvalue weighted by atomic mass is 9.92. The van der Waals surface area contributed by atoms with Crippen molar-refractivity contribution in [3.05, 3.63) is 35.9 Å². The van der Waals surface area contributed by atoms with E-state index in [1.807, 2.05) is 12.1 Å². The number of nitrogens with one attached hydrogen (secondary N) is 1. The predicted molar refractivity (Wildman–Crippen MR) is 118 cm³/mol. The molecular formula is C22H33N3O3S. The van der Waals surface area contributed by atoms with Crippen LogP contribution in [0.1, 0.15) is 38.7 Å². The van der Waals surface area contributed by atoms with Crippen LogP contribution in [0.5, 0.6) is 0 Å². The van der Waals surface area contributed by atoms with E-state index in [0.717, 1.165) is 43.5 Å². The fourth-order valence-corrected chi connectivity index (χ4v) is 5.97. The highest BCUT2D eigenvalue weighted by Crippen LogP contribution is 2.24. The van der Waals surface area contributed by atoms with E-state index in [4.69, 9.17) is 0 Å². The first-order valence-corrected chi connectivity index (χ1v) is 12.2. The Hall–Kier alpha value is -1.86. The van der Waals surface area contributed by atoms with E-state index in [9.17, 15) is 13.2 Å². The third kappa shape index (κ3) is 6.31. The van der Waals surface area contributed by atoms with E-state index in [2.05, 4.69) is 24.1 Å². The second kappa shape index (κ2) is 9.76. The zero-order valence-electron chi connectivity index (χ0n) is 17.5. The van der Waals surface area contributed by atoms with Crippen LogP contribution in [0, 0.1) is 11.8 Å². The van der Waals surface area contributed by atoms with Crippen LogP contribution in [-0.4, -0.2) is 57.7 Å². The fraction of sp³-hybridized carbons (Fsp3) is 0.591. The molecule has 3 rings (SSSR count). The van der Waals surface area contributed by atoms with Crippen LogP contribution in [-0.2, 0) is 14.8 Å². The van der Waals surface area contributed by atoms with Crippen molar-refractivity contribution in [2.75, 3.05) is 42.8 Å². The number of amides is 1. The normalized spacial score (nSPS) is 24.8. The molecule has 1 amide bonds. The lowest BCUT2D eigenvalue weighted by Crippen LogP contribution is -2.40. The molecule has 0 radical (unpaired) electrons. The highest BCUT2D eigenvalue weighted by molar-refractivity contribution is 7.93. The molecule has 2 heterocycles. The summed E-state index contributed by atoms with van der Waals surface area (Å²) in [6, 6.07) is 7.26. The third-order valence-corrected chi connectivity index (χ3v) is 7.47. The van der Waals surface area contributed by atoms with E-state index < -0.39 is 10.0 Å². The molecule has 29 heavy (non-hydrogen) atoms. The van der Waals surface area contributed by atoms with Gasteiger partial charge in [-0.15, -0.1) is 0 Å². The Balaban J connectivity index is 1.40. The molecule has 2 aliphatic heterocycles. The number of rotatable bonds is 7. The molecule has 0 bridgehead atoms. The van der Waals surface area contributed by atoms with Crippen LogP contribution >= 0.6 is 0 Å². The molecule has 0 aliphatic carbocycles. The maximum Gasteiger partial charge on any atom is 0.243 e. The molecule has 2 unspecified atom stereocenters. The second-order valence-electron chi connectivity index (χ2n) is 8.52. The lowest BCUT2D eigenvalue weighted by Gasteiger charge is -2.34. The van der Waals surface area contributed by atoms with Crippen molar-refractivity contribution in [2.24, 2.45) is 11.8 Å². The van der Waals surface area contributed by atoms with Gasteiger partial charge >= 0.3 is 0 Å². The lowest BCUT2D eigenvalue weighted by molar-refractivity contribution is -0.116. The van der Waals surface area contributed by atoms with E-state index in [0.29, 0.717) is 25.2 Å². The fourth-order valence-electron chi connectivity index (χ4n) is 4.40. The van der Waals surface area contributed by atoms with Gasteiger partial charge in [-0.05, 0) is 61.4 Å². The van der Waals surface area contributed by atoms with Gasteiger partial charge < -0.3 is 10.2 Å². The monoisotopic (exact) mass is 419 g/mol. The predicted octanol–water partition coefficient (Wildman–Crippen LogP) is 2.72. The zero-order chi connectivity index (χ0) is 20.9. The van der Waals surface area contributed by atoms with Gasteiger partial charge in [-0.3, -0.25) is 9.10 Å². The standard InChI is InChI=1S/C22H33N3O3S/c1-18-15-19(2)17-24(16-18)12-3-11-23-22(26)10-7-20-5-8-21(9-6-20)25-13-4-14-29(25,27)28/h5-10,18-19H,3-4,11-17H2,1-2H3,(H,23,26)/b10-7+. The van der Waals surface area contributed by atoms with Gasteiger partial charge in [-0.25, -0.2) is 8.42 Å². The number of sulfonamides is 1. The molecule has 0 saturated carbocycles. The Morgan fingerprint density at radius 1 is 1.17 bits per heavy atom. The van der Waals surface area contributed by atoms with E-state index in [1.54, 1.807) is 18.2 Å². The van der Waals surface area contributed by atoms with Crippen molar-refractivity contribution in [3.63, 3.8) is 0 Å². The molecule has 2 saturated heterocycles. The first kappa shape index (κ1) is 21.8. The van der Waals surface area contributed by atoms with Crippen molar-refractivity contribution in [1.82, 2.24) is 10.2 Å². The van der Waals surface area contributed by atoms with E-state index in [1.165, 1.54) is 16.8 Å². The van der Waals surface area contributed by atoms with Crippen LogP contribution in [0.4, 0.5) is 5.69 Å². The number of anilines is 1. The molecule has 0 aromatic heterocycles. The summed E-state index contributed by atoms with van der Waals surface area (Å²) in [5, 5.41) is 2.94. The molecule has 2 aliphatic rings. The first-order chi connectivity index (χ1) is 13.8. The Labute approximate surface area is 175 Å². The Bertz CT molecular complexity index is 810. The highest BCUT2D eigenvalue weighted by Gasteiger charge is 2.28. The molecule has 1 N–H and O–H groups in total. The maximum atomic E-state index is 12.0.